The van der Waals surface area contributed by atoms with Crippen LogP contribution in [0.15, 0.2) is 89.3 Å². The van der Waals surface area contributed by atoms with Gasteiger partial charge >= 0.3 is 0 Å². The van der Waals surface area contributed by atoms with Crippen LogP contribution in [0.2, 0.25) is 0 Å². The Morgan fingerprint density at radius 1 is 0.686 bits per heavy atom. The molecule has 0 saturated heterocycles. The Kier molecular flexibility index (Phi) is 6.08. The van der Waals surface area contributed by atoms with Crippen LogP contribution in [-0.4, -0.2) is 12.3 Å². The highest BCUT2D eigenvalue weighted by molar-refractivity contribution is 7.00. The minimum absolute atomic E-state index is 0.00642. The molecule has 4 aliphatic rings. The zero-order valence-corrected chi connectivity index (χ0v) is 31.8. The molecule has 6 aromatic rings. The molecule has 0 radical (unpaired) electrons. The summed E-state index contributed by atoms with van der Waals surface area (Å²) in [7, 11) is 0. The second kappa shape index (κ2) is 9.91. The van der Waals surface area contributed by atoms with Gasteiger partial charge in [-0.2, -0.15) is 0 Å². The maximum absolute atomic E-state index is 6.95. The number of hydrogen-bond acceptors (Lipinski definition) is 3. The van der Waals surface area contributed by atoms with Gasteiger partial charge in [0.05, 0.1) is 11.2 Å². The van der Waals surface area contributed by atoms with Crippen LogP contribution in [-0.2, 0) is 16.2 Å². The Bertz CT molecular complexity index is 2460. The Morgan fingerprint density at radius 3 is 2.14 bits per heavy atom. The zero-order chi connectivity index (χ0) is 35.4. The number of rotatable bonds is 1. The van der Waals surface area contributed by atoms with Gasteiger partial charge in [-0.3, -0.25) is 0 Å². The quantitative estimate of drug-likeness (QED) is 0.162. The second-order valence-electron chi connectivity index (χ2n) is 18.6. The van der Waals surface area contributed by atoms with Crippen LogP contribution in [0.4, 0.5) is 28.4 Å². The van der Waals surface area contributed by atoms with E-state index in [0.29, 0.717) is 0 Å². The fourth-order valence-corrected chi connectivity index (χ4v) is 10.5. The van der Waals surface area contributed by atoms with Gasteiger partial charge in [0, 0.05) is 38.9 Å². The number of furan rings is 1. The summed E-state index contributed by atoms with van der Waals surface area (Å²) in [5.41, 5.74) is 18.4. The van der Waals surface area contributed by atoms with E-state index in [1.54, 1.807) is 5.56 Å². The van der Waals surface area contributed by atoms with E-state index in [1.165, 1.54) is 98.0 Å². The molecular weight excluding hydrogens is 619 g/mol. The summed E-state index contributed by atoms with van der Waals surface area (Å²) in [6.07, 6.45) is 4.98. The molecule has 4 heteroatoms. The van der Waals surface area contributed by atoms with Gasteiger partial charge in [0.25, 0.3) is 6.71 Å². The van der Waals surface area contributed by atoms with Crippen LogP contribution in [0.5, 0.6) is 0 Å². The molecule has 1 saturated carbocycles. The summed E-state index contributed by atoms with van der Waals surface area (Å²) < 4.78 is 6.95. The molecule has 2 unspecified atom stereocenters. The Labute approximate surface area is 303 Å². The van der Waals surface area contributed by atoms with Crippen molar-refractivity contribution in [2.24, 2.45) is 0 Å². The summed E-state index contributed by atoms with van der Waals surface area (Å²) >= 11 is 0. The molecule has 0 spiro atoms. The molecule has 0 bridgehead atoms. The summed E-state index contributed by atoms with van der Waals surface area (Å²) in [6.45, 7) is 21.6. The van der Waals surface area contributed by atoms with E-state index in [1.807, 2.05) is 0 Å². The van der Waals surface area contributed by atoms with Crippen molar-refractivity contribution >= 4 is 73.5 Å². The van der Waals surface area contributed by atoms with Crippen molar-refractivity contribution in [1.29, 1.82) is 0 Å². The van der Waals surface area contributed by atoms with E-state index in [0.717, 1.165) is 11.2 Å². The van der Waals surface area contributed by atoms with E-state index in [-0.39, 0.29) is 28.5 Å². The summed E-state index contributed by atoms with van der Waals surface area (Å²) in [5, 5.41) is 2.35. The molecule has 3 nitrogen and oxygen atoms in total. The Morgan fingerprint density at radius 2 is 1.39 bits per heavy atom. The van der Waals surface area contributed by atoms with E-state index >= 15 is 0 Å². The lowest BCUT2D eigenvalue weighted by Gasteiger charge is -2.52. The van der Waals surface area contributed by atoms with Crippen molar-refractivity contribution in [3.8, 4) is 0 Å². The van der Waals surface area contributed by atoms with Gasteiger partial charge in [-0.05, 0) is 106 Å². The third-order valence-electron chi connectivity index (χ3n) is 13.5. The van der Waals surface area contributed by atoms with Crippen molar-refractivity contribution in [2.75, 3.05) is 9.80 Å². The first-order valence-corrected chi connectivity index (χ1v) is 19.2. The standard InChI is InChI=1S/C47H49BN2O/c1-28-24-37-40-38(25-28)50-41-34(46(8)22-12-13-23-47(46,50)9)26-30(45(5,6)7)27-36(41)48(40)35-21-20-33-32-14-10-11-15-39(32)51-43(33)42(35)49(37)31-18-16-29(17-19-31)44(2,3)4/h10-11,14-21,24-27H,12-13,22-23H2,1-9H3. The van der Waals surface area contributed by atoms with Crippen molar-refractivity contribution in [3.63, 3.8) is 0 Å². The summed E-state index contributed by atoms with van der Waals surface area (Å²) in [4.78, 5) is 5.39. The van der Waals surface area contributed by atoms with Crippen LogP contribution in [0.25, 0.3) is 21.9 Å². The van der Waals surface area contributed by atoms with E-state index in [4.69, 9.17) is 4.42 Å². The molecule has 1 aromatic heterocycles. The number of nitrogens with zero attached hydrogens (tertiary/aromatic N) is 2. The van der Waals surface area contributed by atoms with E-state index in [2.05, 4.69) is 157 Å². The van der Waals surface area contributed by atoms with Crippen LogP contribution in [0, 0.1) is 6.92 Å². The number of benzene rings is 5. The lowest BCUT2D eigenvalue weighted by atomic mass is 9.33. The molecule has 256 valence electrons. The zero-order valence-electron chi connectivity index (χ0n) is 31.8. The number of fused-ring (bicyclic) bond motifs is 11. The molecule has 4 heterocycles. The van der Waals surface area contributed by atoms with Gasteiger partial charge in [-0.1, -0.05) is 116 Å². The lowest BCUT2D eigenvalue weighted by molar-refractivity contribution is 0.195. The van der Waals surface area contributed by atoms with Crippen molar-refractivity contribution in [1.82, 2.24) is 0 Å². The molecule has 0 amide bonds. The molecular formula is C47H49BN2O. The number of hydrogen-bond donors (Lipinski definition) is 0. The highest BCUT2D eigenvalue weighted by atomic mass is 16.3. The second-order valence-corrected chi connectivity index (χ2v) is 18.6. The molecule has 2 atom stereocenters. The van der Waals surface area contributed by atoms with E-state index in [9.17, 15) is 0 Å². The summed E-state index contributed by atoms with van der Waals surface area (Å²) in [6, 6.07) is 32.8. The van der Waals surface area contributed by atoms with Crippen molar-refractivity contribution < 1.29 is 4.42 Å². The highest BCUT2D eigenvalue weighted by Gasteiger charge is 2.61. The van der Waals surface area contributed by atoms with Gasteiger partial charge in [0.1, 0.15) is 5.58 Å². The molecule has 0 N–H and O–H groups in total. The highest BCUT2D eigenvalue weighted by Crippen LogP contribution is 2.62. The number of anilines is 5. The predicted molar refractivity (Wildman–Crippen MR) is 218 cm³/mol. The first kappa shape index (κ1) is 31.3. The maximum atomic E-state index is 6.95. The molecule has 10 rings (SSSR count). The SMILES string of the molecule is Cc1cc2c3c(c1)N1c4c(cc(C(C)(C)C)cc4C4(C)CCCCC14C)B3c1ccc3c(oc4ccccc43)c1N2c1ccc(C(C)(C)C)cc1. The fourth-order valence-electron chi connectivity index (χ4n) is 10.5. The van der Waals surface area contributed by atoms with Gasteiger partial charge in [-0.25, -0.2) is 0 Å². The van der Waals surface area contributed by atoms with Crippen LogP contribution in [0.1, 0.15) is 103 Å². The molecule has 3 aliphatic heterocycles. The minimum Gasteiger partial charge on any atom is -0.454 e. The fraction of sp³-hybridized carbons (Fsp3) is 0.362. The molecule has 1 fully saturated rings. The first-order valence-electron chi connectivity index (χ1n) is 19.2. The normalized spacial score (nSPS) is 21.9. The average molecular weight is 669 g/mol. The molecule has 51 heavy (non-hydrogen) atoms. The van der Waals surface area contributed by atoms with Gasteiger partial charge in [0.15, 0.2) is 5.58 Å². The monoisotopic (exact) mass is 668 g/mol. The van der Waals surface area contributed by atoms with Crippen LogP contribution >= 0.6 is 0 Å². The van der Waals surface area contributed by atoms with Crippen LogP contribution in [0.3, 0.4) is 0 Å². The minimum atomic E-state index is -0.00642. The van der Waals surface area contributed by atoms with E-state index < -0.39 is 0 Å². The van der Waals surface area contributed by atoms with Gasteiger partial charge in [-0.15, -0.1) is 0 Å². The average Bonchev–Trinajstić information content (AvgIpc) is 3.56. The van der Waals surface area contributed by atoms with Gasteiger partial charge in [0.2, 0.25) is 0 Å². The topological polar surface area (TPSA) is 19.6 Å². The number of para-hydroxylation sites is 1. The third kappa shape index (κ3) is 3.97. The lowest BCUT2D eigenvalue weighted by Crippen LogP contribution is -2.64. The Hall–Kier alpha value is -4.44. The Balaban J connectivity index is 1.36. The van der Waals surface area contributed by atoms with Crippen molar-refractivity contribution in [3.05, 3.63) is 107 Å². The van der Waals surface area contributed by atoms with Crippen LogP contribution < -0.4 is 26.2 Å². The first-order chi connectivity index (χ1) is 24.2. The van der Waals surface area contributed by atoms with Crippen molar-refractivity contribution in [2.45, 2.75) is 110 Å². The number of aryl methyl sites for hydroxylation is 1. The predicted octanol–water partition coefficient (Wildman–Crippen LogP) is 10.8. The van der Waals surface area contributed by atoms with Gasteiger partial charge < -0.3 is 14.2 Å². The third-order valence-corrected chi connectivity index (χ3v) is 13.5. The molecule has 1 aliphatic carbocycles. The smallest absolute Gasteiger partial charge is 0.252 e. The largest absolute Gasteiger partial charge is 0.454 e. The summed E-state index contributed by atoms with van der Waals surface area (Å²) in [5.74, 6) is 0. The molecule has 5 aromatic carbocycles. The maximum Gasteiger partial charge on any atom is 0.252 e.